The van der Waals surface area contributed by atoms with Gasteiger partial charge in [-0.05, 0) is 68.7 Å². The lowest BCUT2D eigenvalue weighted by atomic mass is 10.1. The molecule has 30 heavy (non-hydrogen) atoms. The minimum Gasteiger partial charge on any atom is -0.478 e. The highest BCUT2D eigenvalue weighted by Gasteiger charge is 2.16. The first-order valence-electron chi connectivity index (χ1n) is 10.6. The molecule has 1 N–H and O–H groups in total. The third-order valence-corrected chi connectivity index (χ3v) is 5.41. The second-order valence-electron chi connectivity index (χ2n) is 7.25. The van der Waals surface area contributed by atoms with Crippen molar-refractivity contribution in [2.45, 2.75) is 26.7 Å². The number of anilines is 3. The Morgan fingerprint density at radius 3 is 2.07 bits per heavy atom. The number of nitrogens with zero attached hydrogens (tertiary/aromatic N) is 2. The van der Waals surface area contributed by atoms with Crippen LogP contribution in [0, 0.1) is 0 Å². The van der Waals surface area contributed by atoms with Crippen molar-refractivity contribution < 1.29 is 9.90 Å². The largest absolute Gasteiger partial charge is 0.478 e. The summed E-state index contributed by atoms with van der Waals surface area (Å²) >= 11 is 0. The summed E-state index contributed by atoms with van der Waals surface area (Å²) in [4.78, 5) is 16.2. The number of carboxylic acids is 1. The second-order valence-corrected chi connectivity index (χ2v) is 7.25. The Balaban J connectivity index is 1.75. The lowest BCUT2D eigenvalue weighted by Gasteiger charge is -2.26. The van der Waals surface area contributed by atoms with Crippen molar-refractivity contribution in [2.24, 2.45) is 0 Å². The van der Waals surface area contributed by atoms with Crippen molar-refractivity contribution in [3.05, 3.63) is 90.0 Å². The molecule has 0 saturated carbocycles. The van der Waals surface area contributed by atoms with E-state index in [1.807, 2.05) is 42.5 Å². The van der Waals surface area contributed by atoms with E-state index in [1.54, 1.807) is 12.1 Å². The van der Waals surface area contributed by atoms with E-state index in [1.165, 1.54) is 11.3 Å². The van der Waals surface area contributed by atoms with Gasteiger partial charge in [0, 0.05) is 31.0 Å². The van der Waals surface area contributed by atoms with Crippen molar-refractivity contribution in [2.75, 3.05) is 29.4 Å². The highest BCUT2D eigenvalue weighted by Crippen LogP contribution is 2.29. The predicted molar refractivity (Wildman–Crippen MR) is 125 cm³/mol. The number of carbonyl (C=O) groups is 1. The average Bonchev–Trinajstić information content (AvgIpc) is 2.79. The van der Waals surface area contributed by atoms with Crippen LogP contribution in [-0.2, 0) is 6.42 Å². The Kier molecular flexibility index (Phi) is 7.50. The molecule has 0 atom stereocenters. The molecule has 3 rings (SSSR count). The normalized spacial score (nSPS) is 10.6. The number of para-hydroxylation sites is 2. The molecule has 0 aliphatic heterocycles. The number of rotatable bonds is 10. The Bertz CT molecular complexity index is 935. The van der Waals surface area contributed by atoms with Gasteiger partial charge in [-0.15, -0.1) is 0 Å². The molecule has 0 saturated heterocycles. The average molecular weight is 403 g/mol. The first-order valence-corrected chi connectivity index (χ1v) is 10.6. The maximum absolute atomic E-state index is 11.8. The summed E-state index contributed by atoms with van der Waals surface area (Å²) in [7, 11) is 0. The maximum Gasteiger partial charge on any atom is 0.337 e. The van der Waals surface area contributed by atoms with Crippen LogP contribution in [0.25, 0.3) is 0 Å². The van der Waals surface area contributed by atoms with Crippen molar-refractivity contribution in [3.8, 4) is 0 Å². The van der Waals surface area contributed by atoms with Gasteiger partial charge in [0.15, 0.2) is 0 Å². The molecule has 0 spiro atoms. The number of benzene rings is 3. The minimum absolute atomic E-state index is 0.324. The van der Waals surface area contributed by atoms with E-state index in [9.17, 15) is 9.90 Å². The third kappa shape index (κ3) is 5.20. The number of aryl methyl sites for hydroxylation is 1. The highest BCUT2D eigenvalue weighted by molar-refractivity contribution is 5.95. The number of hydrogen-bond donors (Lipinski definition) is 1. The topological polar surface area (TPSA) is 43.8 Å². The molecule has 0 heterocycles. The monoisotopic (exact) mass is 402 g/mol. The van der Waals surface area contributed by atoms with E-state index >= 15 is 0 Å². The van der Waals surface area contributed by atoms with Gasteiger partial charge < -0.3 is 14.9 Å². The van der Waals surface area contributed by atoms with Gasteiger partial charge in [0.25, 0.3) is 0 Å². The fourth-order valence-corrected chi connectivity index (χ4v) is 3.79. The molecule has 156 valence electrons. The van der Waals surface area contributed by atoms with Gasteiger partial charge >= 0.3 is 5.97 Å². The van der Waals surface area contributed by atoms with Crippen molar-refractivity contribution in [3.63, 3.8) is 0 Å². The van der Waals surface area contributed by atoms with Crippen LogP contribution in [0.5, 0.6) is 0 Å². The van der Waals surface area contributed by atoms with Crippen LogP contribution in [-0.4, -0.2) is 30.7 Å². The zero-order valence-electron chi connectivity index (χ0n) is 17.8. The summed E-state index contributed by atoms with van der Waals surface area (Å²) in [5, 5.41) is 9.65. The fraction of sp³-hybridized carbons (Fsp3) is 0.269. The molecule has 0 aromatic heterocycles. The van der Waals surface area contributed by atoms with Crippen molar-refractivity contribution in [1.82, 2.24) is 0 Å². The van der Waals surface area contributed by atoms with Gasteiger partial charge in [-0.3, -0.25) is 0 Å². The van der Waals surface area contributed by atoms with Gasteiger partial charge in [-0.25, -0.2) is 4.79 Å². The molecule has 3 aromatic carbocycles. The molecule has 0 fully saturated rings. The predicted octanol–water partition coefficient (Wildman–Crippen LogP) is 6.00. The Morgan fingerprint density at radius 2 is 1.43 bits per heavy atom. The quantitative estimate of drug-likeness (QED) is 0.451. The van der Waals surface area contributed by atoms with Crippen LogP contribution >= 0.6 is 0 Å². The Labute approximate surface area is 179 Å². The van der Waals surface area contributed by atoms with Crippen LogP contribution in [0.1, 0.15) is 36.2 Å². The van der Waals surface area contributed by atoms with Gasteiger partial charge in [-0.2, -0.15) is 0 Å². The smallest absolute Gasteiger partial charge is 0.337 e. The van der Waals surface area contributed by atoms with E-state index < -0.39 is 5.97 Å². The van der Waals surface area contributed by atoms with E-state index in [2.05, 4.69) is 47.9 Å². The van der Waals surface area contributed by atoms with Crippen molar-refractivity contribution in [1.29, 1.82) is 0 Å². The second kappa shape index (κ2) is 10.5. The summed E-state index contributed by atoms with van der Waals surface area (Å²) in [6.45, 7) is 7.09. The molecule has 4 nitrogen and oxygen atoms in total. The molecule has 0 aliphatic carbocycles. The SMILES string of the molecule is CCN(CC)c1ccc(CCCN(c2ccccc2)c2ccccc2C(=O)O)cc1. The zero-order chi connectivity index (χ0) is 21.3. The van der Waals surface area contributed by atoms with Crippen LogP contribution in [0.2, 0.25) is 0 Å². The first-order chi connectivity index (χ1) is 14.6. The molecule has 0 radical (unpaired) electrons. The summed E-state index contributed by atoms with van der Waals surface area (Å²) in [5.74, 6) is -0.904. The Hall–Kier alpha value is -3.27. The zero-order valence-corrected chi connectivity index (χ0v) is 17.8. The molecule has 0 amide bonds. The van der Waals surface area contributed by atoms with Crippen LogP contribution < -0.4 is 9.80 Å². The molecule has 0 bridgehead atoms. The molecule has 0 unspecified atom stereocenters. The van der Waals surface area contributed by atoms with E-state index in [-0.39, 0.29) is 0 Å². The molecule has 4 heteroatoms. The third-order valence-electron chi connectivity index (χ3n) is 5.41. The minimum atomic E-state index is -0.904. The first kappa shape index (κ1) is 21.4. The lowest BCUT2D eigenvalue weighted by molar-refractivity contribution is 0.0697. The summed E-state index contributed by atoms with van der Waals surface area (Å²) < 4.78 is 0. The summed E-state index contributed by atoms with van der Waals surface area (Å²) in [6, 6.07) is 26.0. The summed E-state index contributed by atoms with van der Waals surface area (Å²) in [6.07, 6.45) is 1.87. The van der Waals surface area contributed by atoms with E-state index in [0.29, 0.717) is 5.56 Å². The van der Waals surface area contributed by atoms with Gasteiger partial charge in [0.2, 0.25) is 0 Å². The highest BCUT2D eigenvalue weighted by atomic mass is 16.4. The number of carboxylic acid groups (broad SMARTS) is 1. The van der Waals surface area contributed by atoms with Gasteiger partial charge in [0.1, 0.15) is 0 Å². The number of aromatic carboxylic acids is 1. The Morgan fingerprint density at radius 1 is 0.800 bits per heavy atom. The van der Waals surface area contributed by atoms with Crippen molar-refractivity contribution >= 4 is 23.0 Å². The standard InChI is InChI=1S/C26H30N2O2/c1-3-27(4-2)22-18-16-21(17-19-22)11-10-20-28(23-12-6-5-7-13-23)25-15-9-8-14-24(25)26(29)30/h5-9,12-19H,3-4,10-11,20H2,1-2H3,(H,29,30). The van der Waals surface area contributed by atoms with Gasteiger partial charge in [-0.1, -0.05) is 42.5 Å². The summed E-state index contributed by atoms with van der Waals surface area (Å²) in [5.41, 5.74) is 4.61. The van der Waals surface area contributed by atoms with Crippen LogP contribution in [0.15, 0.2) is 78.9 Å². The van der Waals surface area contributed by atoms with E-state index in [0.717, 1.165) is 43.9 Å². The molecular formula is C26H30N2O2. The van der Waals surface area contributed by atoms with Crippen LogP contribution in [0.3, 0.4) is 0 Å². The maximum atomic E-state index is 11.8. The van der Waals surface area contributed by atoms with Crippen LogP contribution in [0.4, 0.5) is 17.1 Å². The fourth-order valence-electron chi connectivity index (χ4n) is 3.79. The molecular weight excluding hydrogens is 372 g/mol. The number of hydrogen-bond acceptors (Lipinski definition) is 3. The molecule has 3 aromatic rings. The van der Waals surface area contributed by atoms with Gasteiger partial charge in [0.05, 0.1) is 11.3 Å². The molecule has 0 aliphatic rings. The lowest BCUT2D eigenvalue weighted by Crippen LogP contribution is -2.22. The van der Waals surface area contributed by atoms with E-state index in [4.69, 9.17) is 0 Å².